The fraction of sp³-hybridized carbons (Fsp3) is 0.0769. The van der Waals surface area contributed by atoms with Gasteiger partial charge in [0.25, 0.3) is 0 Å². The number of benzene rings is 2. The highest BCUT2D eigenvalue weighted by molar-refractivity contribution is 5.86. The first kappa shape index (κ1) is 8.97. The molecule has 2 aromatic rings. The third-order valence-electron chi connectivity index (χ3n) is 2.44. The van der Waals surface area contributed by atoms with Crippen LogP contribution in [0.4, 0.5) is 0 Å². The van der Waals surface area contributed by atoms with Gasteiger partial charge >= 0.3 is 0 Å². The third-order valence-corrected chi connectivity index (χ3v) is 2.44. The van der Waals surface area contributed by atoms with Crippen LogP contribution in [-0.2, 0) is 0 Å². The number of hydrogen-bond acceptors (Lipinski definition) is 1. The fourth-order valence-corrected chi connectivity index (χ4v) is 1.67. The van der Waals surface area contributed by atoms with E-state index in [1.54, 1.807) is 6.08 Å². The molecule has 0 unspecified atom stereocenters. The van der Waals surface area contributed by atoms with Crippen molar-refractivity contribution < 1.29 is 0 Å². The molecule has 0 heterocycles. The van der Waals surface area contributed by atoms with E-state index in [2.05, 4.69) is 30.8 Å². The lowest BCUT2D eigenvalue weighted by molar-refractivity contribution is 0.925. The summed E-state index contributed by atoms with van der Waals surface area (Å²) in [4.78, 5) is 0. The van der Waals surface area contributed by atoms with Gasteiger partial charge in [-0.25, -0.2) is 0 Å². The lowest BCUT2D eigenvalue weighted by Gasteiger charge is -2.10. The van der Waals surface area contributed by atoms with Crippen LogP contribution in [0.2, 0.25) is 0 Å². The Morgan fingerprint density at radius 2 is 1.79 bits per heavy atom. The van der Waals surface area contributed by atoms with Crippen LogP contribution in [0.3, 0.4) is 0 Å². The highest BCUT2D eigenvalue weighted by atomic mass is 14.6. The number of hydrogen-bond donors (Lipinski definition) is 1. The van der Waals surface area contributed by atoms with Crippen LogP contribution in [0, 0.1) is 0 Å². The molecule has 0 spiro atoms. The zero-order chi connectivity index (χ0) is 9.97. The summed E-state index contributed by atoms with van der Waals surface area (Å²) in [7, 11) is 0. The van der Waals surface area contributed by atoms with Crippen molar-refractivity contribution in [1.29, 1.82) is 0 Å². The Labute approximate surface area is 83.9 Å². The predicted molar refractivity (Wildman–Crippen MR) is 61.1 cm³/mol. The molecule has 2 aromatic carbocycles. The highest BCUT2D eigenvalue weighted by Gasteiger charge is 2.04. The fourth-order valence-electron chi connectivity index (χ4n) is 1.67. The van der Waals surface area contributed by atoms with Crippen LogP contribution in [0.15, 0.2) is 55.1 Å². The SMILES string of the molecule is C=C[C@H](N)c1cccc2ccccc12. The summed E-state index contributed by atoms with van der Waals surface area (Å²) >= 11 is 0. The molecule has 2 N–H and O–H groups in total. The summed E-state index contributed by atoms with van der Waals surface area (Å²) in [6.07, 6.45) is 1.77. The molecule has 0 radical (unpaired) electrons. The topological polar surface area (TPSA) is 26.0 Å². The Morgan fingerprint density at radius 1 is 1.07 bits per heavy atom. The highest BCUT2D eigenvalue weighted by Crippen LogP contribution is 2.23. The van der Waals surface area contributed by atoms with Gasteiger partial charge in [-0.3, -0.25) is 0 Å². The number of rotatable bonds is 2. The van der Waals surface area contributed by atoms with Gasteiger partial charge in [0.1, 0.15) is 0 Å². The van der Waals surface area contributed by atoms with E-state index in [-0.39, 0.29) is 6.04 Å². The molecular formula is C13H13N. The summed E-state index contributed by atoms with van der Waals surface area (Å²) in [6.45, 7) is 3.72. The van der Waals surface area contributed by atoms with Crippen LogP contribution in [-0.4, -0.2) is 0 Å². The smallest absolute Gasteiger partial charge is 0.0484 e. The molecule has 0 amide bonds. The van der Waals surface area contributed by atoms with Crippen LogP contribution in [0.25, 0.3) is 10.8 Å². The first-order valence-electron chi connectivity index (χ1n) is 4.68. The van der Waals surface area contributed by atoms with E-state index in [0.717, 1.165) is 5.56 Å². The van der Waals surface area contributed by atoms with Crippen molar-refractivity contribution in [2.75, 3.05) is 0 Å². The number of nitrogens with two attached hydrogens (primary N) is 1. The van der Waals surface area contributed by atoms with E-state index in [0.29, 0.717) is 0 Å². The summed E-state index contributed by atoms with van der Waals surface area (Å²) in [5.74, 6) is 0. The average molecular weight is 183 g/mol. The van der Waals surface area contributed by atoms with Gasteiger partial charge < -0.3 is 5.73 Å². The maximum Gasteiger partial charge on any atom is 0.0484 e. The summed E-state index contributed by atoms with van der Waals surface area (Å²) < 4.78 is 0. The number of fused-ring (bicyclic) bond motifs is 1. The summed E-state index contributed by atoms with van der Waals surface area (Å²) in [5.41, 5.74) is 7.08. The van der Waals surface area contributed by atoms with Crippen LogP contribution in [0.5, 0.6) is 0 Å². The van der Waals surface area contributed by atoms with E-state index < -0.39 is 0 Å². The van der Waals surface area contributed by atoms with Crippen molar-refractivity contribution in [3.8, 4) is 0 Å². The molecule has 0 fully saturated rings. The summed E-state index contributed by atoms with van der Waals surface area (Å²) in [5, 5.41) is 2.43. The van der Waals surface area contributed by atoms with Gasteiger partial charge in [0.2, 0.25) is 0 Å². The van der Waals surface area contributed by atoms with Gasteiger partial charge in [-0.05, 0) is 16.3 Å². The Bertz CT molecular complexity index is 454. The first-order valence-corrected chi connectivity index (χ1v) is 4.68. The van der Waals surface area contributed by atoms with Gasteiger partial charge in [0, 0.05) is 6.04 Å². The molecule has 0 aliphatic rings. The molecule has 1 heteroatoms. The second-order valence-corrected chi connectivity index (χ2v) is 3.33. The van der Waals surface area contributed by atoms with Crippen molar-refractivity contribution in [3.63, 3.8) is 0 Å². The minimum absolute atomic E-state index is 0.0823. The molecule has 0 saturated heterocycles. The molecule has 0 saturated carbocycles. The molecular weight excluding hydrogens is 170 g/mol. The van der Waals surface area contributed by atoms with Crippen molar-refractivity contribution in [3.05, 3.63) is 60.7 Å². The third kappa shape index (κ3) is 1.42. The minimum atomic E-state index is -0.0823. The van der Waals surface area contributed by atoms with E-state index in [1.807, 2.05) is 18.2 Å². The Kier molecular flexibility index (Phi) is 2.33. The zero-order valence-corrected chi connectivity index (χ0v) is 7.98. The monoisotopic (exact) mass is 183 g/mol. The normalized spacial score (nSPS) is 12.6. The maximum absolute atomic E-state index is 5.94. The van der Waals surface area contributed by atoms with Crippen LogP contribution < -0.4 is 5.73 Å². The zero-order valence-electron chi connectivity index (χ0n) is 7.98. The molecule has 0 bridgehead atoms. The molecule has 70 valence electrons. The van der Waals surface area contributed by atoms with E-state index in [1.165, 1.54) is 10.8 Å². The second-order valence-electron chi connectivity index (χ2n) is 3.33. The lowest BCUT2D eigenvalue weighted by atomic mass is 9.99. The van der Waals surface area contributed by atoms with Gasteiger partial charge in [-0.1, -0.05) is 48.5 Å². The Morgan fingerprint density at radius 3 is 2.57 bits per heavy atom. The molecule has 0 aliphatic carbocycles. The average Bonchev–Trinajstić information content (AvgIpc) is 2.27. The first-order chi connectivity index (χ1) is 6.83. The van der Waals surface area contributed by atoms with Gasteiger partial charge in [-0.15, -0.1) is 6.58 Å². The quantitative estimate of drug-likeness (QED) is 0.711. The van der Waals surface area contributed by atoms with Gasteiger partial charge in [0.05, 0.1) is 0 Å². The minimum Gasteiger partial charge on any atom is -0.321 e. The van der Waals surface area contributed by atoms with Gasteiger partial charge in [0.15, 0.2) is 0 Å². The van der Waals surface area contributed by atoms with E-state index in [4.69, 9.17) is 5.73 Å². The molecule has 0 aromatic heterocycles. The van der Waals surface area contributed by atoms with Gasteiger partial charge in [-0.2, -0.15) is 0 Å². The second kappa shape index (κ2) is 3.64. The van der Waals surface area contributed by atoms with Crippen molar-refractivity contribution in [2.24, 2.45) is 5.73 Å². The van der Waals surface area contributed by atoms with E-state index in [9.17, 15) is 0 Å². The lowest BCUT2D eigenvalue weighted by Crippen LogP contribution is -2.06. The maximum atomic E-state index is 5.94. The van der Waals surface area contributed by atoms with Crippen molar-refractivity contribution in [2.45, 2.75) is 6.04 Å². The Balaban J connectivity index is 2.70. The van der Waals surface area contributed by atoms with Crippen molar-refractivity contribution >= 4 is 10.8 Å². The molecule has 0 aliphatic heterocycles. The summed E-state index contributed by atoms with van der Waals surface area (Å²) in [6, 6.07) is 14.3. The van der Waals surface area contributed by atoms with Crippen LogP contribution in [0.1, 0.15) is 11.6 Å². The molecule has 1 atom stereocenters. The van der Waals surface area contributed by atoms with Crippen LogP contribution >= 0.6 is 0 Å². The standard InChI is InChI=1S/C13H13N/c1-2-13(14)12-9-5-7-10-6-3-4-8-11(10)12/h2-9,13H,1,14H2/t13-/m0/s1. The molecule has 14 heavy (non-hydrogen) atoms. The van der Waals surface area contributed by atoms with E-state index >= 15 is 0 Å². The molecule has 2 rings (SSSR count). The van der Waals surface area contributed by atoms with Crippen molar-refractivity contribution in [1.82, 2.24) is 0 Å². The predicted octanol–water partition coefficient (Wildman–Crippen LogP) is 3.03. The largest absolute Gasteiger partial charge is 0.321 e. The molecule has 1 nitrogen and oxygen atoms in total. The Hall–Kier alpha value is -1.60.